The molecule has 0 bridgehead atoms. The molecule has 1 aromatic rings. The van der Waals surface area contributed by atoms with Crippen molar-refractivity contribution in [1.29, 1.82) is 0 Å². The first-order chi connectivity index (χ1) is 7.83. The summed E-state index contributed by atoms with van der Waals surface area (Å²) in [5.74, 6) is 0. The highest BCUT2D eigenvalue weighted by atomic mass is 16.7. The van der Waals surface area contributed by atoms with Crippen molar-refractivity contribution in [3.05, 3.63) is 40.8 Å². The first-order valence-corrected chi connectivity index (χ1v) is 5.83. The van der Waals surface area contributed by atoms with Crippen molar-refractivity contribution < 1.29 is 4.84 Å². The lowest BCUT2D eigenvalue weighted by molar-refractivity contribution is 0.0297. The molecule has 16 heavy (non-hydrogen) atoms. The van der Waals surface area contributed by atoms with Gasteiger partial charge in [0.1, 0.15) is 6.10 Å². The molecular weight excluding hydrogens is 202 g/mol. The van der Waals surface area contributed by atoms with Crippen LogP contribution in [0.1, 0.15) is 37.7 Å². The normalized spacial score (nSPS) is 15.8. The summed E-state index contributed by atoms with van der Waals surface area (Å²) >= 11 is 0. The smallest absolute Gasteiger partial charge is 0.155 e. The van der Waals surface area contributed by atoms with Crippen molar-refractivity contribution in [1.82, 2.24) is 0 Å². The average Bonchev–Trinajstić information content (AvgIpc) is 2.33. The molecule has 0 aliphatic heterocycles. The van der Waals surface area contributed by atoms with Gasteiger partial charge in [0.15, 0.2) is 5.34 Å². The van der Waals surface area contributed by atoms with E-state index in [0.717, 1.165) is 12.8 Å². The van der Waals surface area contributed by atoms with Gasteiger partial charge in [-0.2, -0.15) is 0 Å². The Morgan fingerprint density at radius 3 is 2.19 bits per heavy atom. The first-order valence-electron chi connectivity index (χ1n) is 5.83. The van der Waals surface area contributed by atoms with Crippen molar-refractivity contribution in [3.8, 4) is 0 Å². The highest BCUT2D eigenvalue weighted by Gasteiger charge is 2.13. The molecule has 1 aliphatic carbocycles. The molecule has 3 heteroatoms. The third-order valence-electron chi connectivity index (χ3n) is 2.68. The Hall–Kier alpha value is -1.38. The number of benzene rings is 1. The van der Waals surface area contributed by atoms with Gasteiger partial charge < -0.3 is 4.84 Å². The van der Waals surface area contributed by atoms with Gasteiger partial charge in [0, 0.05) is 0 Å². The second-order valence-corrected chi connectivity index (χ2v) is 4.09. The number of aryl methyl sites for hydroxylation is 1. The maximum absolute atomic E-state index is 9.60. The minimum absolute atomic E-state index is 0.122. The number of nitrogens with zero attached hydrogens (tertiary/aromatic N) is 1. The van der Waals surface area contributed by atoms with E-state index in [0.29, 0.717) is 0 Å². The van der Waals surface area contributed by atoms with Gasteiger partial charge in [0.05, 0.1) is 0 Å². The molecular formula is C13H19NO2. The van der Waals surface area contributed by atoms with Crippen molar-refractivity contribution in [2.45, 2.75) is 45.1 Å². The molecule has 0 heterocycles. The van der Waals surface area contributed by atoms with Crippen LogP contribution in [0.25, 0.3) is 0 Å². The fourth-order valence-electron chi connectivity index (χ4n) is 1.77. The highest BCUT2D eigenvalue weighted by Crippen LogP contribution is 2.19. The van der Waals surface area contributed by atoms with Gasteiger partial charge in [-0.1, -0.05) is 42.3 Å². The van der Waals surface area contributed by atoms with Gasteiger partial charge in [-0.05, 0) is 32.6 Å². The number of hydrogen-bond donors (Lipinski definition) is 0. The molecule has 2 rings (SSSR count). The molecule has 0 aromatic heterocycles. The summed E-state index contributed by atoms with van der Waals surface area (Å²) in [6.45, 7) is 2.08. The summed E-state index contributed by atoms with van der Waals surface area (Å²) in [6.07, 6.45) is 5.77. The molecule has 0 saturated heterocycles. The molecule has 0 atom stereocenters. The van der Waals surface area contributed by atoms with Gasteiger partial charge >= 0.3 is 0 Å². The summed E-state index contributed by atoms with van der Waals surface area (Å²) in [4.78, 5) is 14.2. The maximum atomic E-state index is 9.60. The van der Waals surface area contributed by atoms with Crippen molar-refractivity contribution in [2.75, 3.05) is 0 Å². The van der Waals surface area contributed by atoms with Crippen LogP contribution in [0.5, 0.6) is 0 Å². The molecule has 88 valence electrons. The average molecular weight is 221 g/mol. The minimum atomic E-state index is 0.122. The zero-order chi connectivity index (χ0) is 11.6. The Labute approximate surface area is 96.7 Å². The third kappa shape index (κ3) is 5.49. The zero-order valence-electron chi connectivity index (χ0n) is 9.76. The van der Waals surface area contributed by atoms with Crippen LogP contribution in [0.4, 0.5) is 0 Å². The van der Waals surface area contributed by atoms with E-state index in [9.17, 15) is 4.91 Å². The molecule has 1 aliphatic rings. The molecule has 3 nitrogen and oxygen atoms in total. The standard InChI is InChI=1S/C7H8.C6H11NO2/c1-7-5-3-2-4-6-7;8-7-9-6-4-2-1-3-5-6/h2-6H,1H3;6H,1-5H2. The lowest BCUT2D eigenvalue weighted by Gasteiger charge is -2.16. The largest absolute Gasteiger partial charge is 0.361 e. The summed E-state index contributed by atoms with van der Waals surface area (Å²) in [5, 5.41) is 2.41. The van der Waals surface area contributed by atoms with Crippen LogP contribution in [0, 0.1) is 11.8 Å². The Kier molecular flexibility index (Phi) is 6.23. The Morgan fingerprint density at radius 2 is 1.75 bits per heavy atom. The summed E-state index contributed by atoms with van der Waals surface area (Å²) in [6, 6.07) is 10.3. The van der Waals surface area contributed by atoms with Crippen LogP contribution < -0.4 is 0 Å². The lowest BCUT2D eigenvalue weighted by Crippen LogP contribution is -2.13. The van der Waals surface area contributed by atoms with Gasteiger partial charge in [-0.25, -0.2) is 0 Å². The Balaban J connectivity index is 0.000000165. The number of hydrogen-bond acceptors (Lipinski definition) is 3. The van der Waals surface area contributed by atoms with E-state index in [1.807, 2.05) is 18.2 Å². The molecule has 1 aromatic carbocycles. The summed E-state index contributed by atoms with van der Waals surface area (Å²) < 4.78 is 0. The zero-order valence-corrected chi connectivity index (χ0v) is 9.76. The van der Waals surface area contributed by atoms with Gasteiger partial charge in [0.2, 0.25) is 0 Å². The quantitative estimate of drug-likeness (QED) is 0.559. The van der Waals surface area contributed by atoms with Crippen LogP contribution in [0.3, 0.4) is 0 Å². The fourth-order valence-corrected chi connectivity index (χ4v) is 1.77. The molecule has 0 N–H and O–H groups in total. The highest BCUT2D eigenvalue weighted by molar-refractivity contribution is 5.11. The van der Waals surface area contributed by atoms with E-state index < -0.39 is 0 Å². The topological polar surface area (TPSA) is 38.7 Å². The van der Waals surface area contributed by atoms with Crippen LogP contribution in [0.2, 0.25) is 0 Å². The first kappa shape index (κ1) is 12.7. The molecule has 0 radical (unpaired) electrons. The molecule has 0 unspecified atom stereocenters. The van der Waals surface area contributed by atoms with E-state index in [-0.39, 0.29) is 6.10 Å². The van der Waals surface area contributed by atoms with E-state index in [1.54, 1.807) is 0 Å². The number of rotatable bonds is 2. The van der Waals surface area contributed by atoms with Crippen LogP contribution >= 0.6 is 0 Å². The van der Waals surface area contributed by atoms with E-state index in [2.05, 4.69) is 29.2 Å². The molecule has 0 spiro atoms. The van der Waals surface area contributed by atoms with Crippen molar-refractivity contribution in [2.24, 2.45) is 5.34 Å². The van der Waals surface area contributed by atoms with Crippen molar-refractivity contribution >= 4 is 0 Å². The Morgan fingerprint density at radius 1 is 1.12 bits per heavy atom. The van der Waals surface area contributed by atoms with E-state index >= 15 is 0 Å². The second kappa shape index (κ2) is 7.85. The van der Waals surface area contributed by atoms with E-state index in [1.165, 1.54) is 24.8 Å². The molecule has 1 saturated carbocycles. The van der Waals surface area contributed by atoms with Gasteiger partial charge in [0.25, 0.3) is 0 Å². The SMILES string of the molecule is Cc1ccccc1.O=NOC1CCCCC1. The van der Waals surface area contributed by atoms with Gasteiger partial charge in [-0.3, -0.25) is 0 Å². The van der Waals surface area contributed by atoms with Crippen LogP contribution in [0.15, 0.2) is 35.7 Å². The third-order valence-corrected chi connectivity index (χ3v) is 2.68. The van der Waals surface area contributed by atoms with Crippen LogP contribution in [-0.4, -0.2) is 6.10 Å². The van der Waals surface area contributed by atoms with Gasteiger partial charge in [-0.15, -0.1) is 4.91 Å². The lowest BCUT2D eigenvalue weighted by atomic mass is 9.98. The minimum Gasteiger partial charge on any atom is -0.361 e. The molecule has 0 amide bonds. The summed E-state index contributed by atoms with van der Waals surface area (Å²) in [7, 11) is 0. The second-order valence-electron chi connectivity index (χ2n) is 4.09. The van der Waals surface area contributed by atoms with Crippen LogP contribution in [-0.2, 0) is 4.84 Å². The van der Waals surface area contributed by atoms with E-state index in [4.69, 9.17) is 0 Å². The predicted octanol–water partition coefficient (Wildman–Crippen LogP) is 4.01. The Bertz CT molecular complexity index is 281. The molecule has 1 fully saturated rings. The summed E-state index contributed by atoms with van der Waals surface area (Å²) in [5.41, 5.74) is 1.32. The van der Waals surface area contributed by atoms with Crippen molar-refractivity contribution in [3.63, 3.8) is 0 Å². The predicted molar refractivity (Wildman–Crippen MR) is 64.9 cm³/mol. The fraction of sp³-hybridized carbons (Fsp3) is 0.538. The maximum Gasteiger partial charge on any atom is 0.155 e. The monoisotopic (exact) mass is 221 g/mol.